The Balaban J connectivity index is 1.28. The second kappa shape index (κ2) is 5.89. The molecule has 1 amide bonds. The van der Waals surface area contributed by atoms with Crippen LogP contribution in [0.25, 0.3) is 0 Å². The van der Waals surface area contributed by atoms with Crippen molar-refractivity contribution in [1.29, 1.82) is 0 Å². The zero-order valence-corrected chi connectivity index (χ0v) is 14.1. The van der Waals surface area contributed by atoms with Crippen LogP contribution in [-0.4, -0.2) is 45.5 Å². The van der Waals surface area contributed by atoms with Crippen molar-refractivity contribution in [3.63, 3.8) is 0 Å². The zero-order chi connectivity index (χ0) is 16.7. The van der Waals surface area contributed by atoms with Crippen molar-refractivity contribution < 1.29 is 4.79 Å². The summed E-state index contributed by atoms with van der Waals surface area (Å²) in [5, 5.41) is 15.9. The second-order valence-electron chi connectivity index (χ2n) is 6.80. The number of amides is 1. The van der Waals surface area contributed by atoms with Gasteiger partial charge in [0.15, 0.2) is 5.82 Å². The van der Waals surface area contributed by atoms with Crippen LogP contribution in [0.5, 0.6) is 0 Å². The van der Waals surface area contributed by atoms with Gasteiger partial charge >= 0.3 is 0 Å². The van der Waals surface area contributed by atoms with Gasteiger partial charge < -0.3 is 10.2 Å². The molecule has 24 heavy (non-hydrogen) atoms. The quantitative estimate of drug-likeness (QED) is 0.902. The van der Waals surface area contributed by atoms with Gasteiger partial charge in [-0.25, -0.2) is 0 Å². The van der Waals surface area contributed by atoms with Gasteiger partial charge in [0.2, 0.25) is 0 Å². The molecule has 2 aromatic rings. The predicted octanol–water partition coefficient (Wildman–Crippen LogP) is 0.873. The summed E-state index contributed by atoms with van der Waals surface area (Å²) >= 11 is 0. The Morgan fingerprint density at radius 2 is 2.12 bits per heavy atom. The van der Waals surface area contributed by atoms with Gasteiger partial charge in [-0.2, -0.15) is 10.2 Å². The molecule has 7 heteroatoms. The van der Waals surface area contributed by atoms with Gasteiger partial charge in [0.05, 0.1) is 5.69 Å². The number of aromatic nitrogens is 4. The number of anilines is 1. The van der Waals surface area contributed by atoms with E-state index in [1.165, 1.54) is 12.0 Å². The van der Waals surface area contributed by atoms with Crippen molar-refractivity contribution in [2.24, 2.45) is 13.0 Å². The first-order valence-corrected chi connectivity index (χ1v) is 8.49. The van der Waals surface area contributed by atoms with Crippen molar-refractivity contribution in [1.82, 2.24) is 25.3 Å². The maximum Gasteiger partial charge on any atom is 0.271 e. The Bertz CT molecular complexity index is 758. The average molecular weight is 326 g/mol. The van der Waals surface area contributed by atoms with Crippen LogP contribution in [0, 0.1) is 12.8 Å². The Morgan fingerprint density at radius 3 is 2.88 bits per heavy atom. The van der Waals surface area contributed by atoms with Crippen molar-refractivity contribution in [2.45, 2.75) is 26.2 Å². The predicted molar refractivity (Wildman–Crippen MR) is 90.0 cm³/mol. The lowest BCUT2D eigenvalue weighted by Gasteiger charge is -2.40. The fourth-order valence-corrected chi connectivity index (χ4v) is 3.36. The van der Waals surface area contributed by atoms with Crippen LogP contribution in [0.2, 0.25) is 0 Å². The van der Waals surface area contributed by atoms with E-state index in [1.54, 1.807) is 4.68 Å². The average Bonchev–Trinajstić information content (AvgIpc) is 3.12. The number of nitrogens with zero attached hydrogens (tertiary/aromatic N) is 5. The normalized spacial score (nSPS) is 16.8. The first kappa shape index (κ1) is 15.1. The number of rotatable bonds is 4. The Hall–Kier alpha value is -2.44. The van der Waals surface area contributed by atoms with Crippen molar-refractivity contribution in [3.8, 4) is 0 Å². The molecule has 4 rings (SSSR count). The highest BCUT2D eigenvalue weighted by Crippen LogP contribution is 2.26. The van der Waals surface area contributed by atoms with Gasteiger partial charge in [-0.15, -0.1) is 5.10 Å². The lowest BCUT2D eigenvalue weighted by atomic mass is 10.00. The highest BCUT2D eigenvalue weighted by atomic mass is 16.1. The number of carbonyl (C=O) groups is 1. The molecule has 126 valence electrons. The highest BCUT2D eigenvalue weighted by Gasteiger charge is 2.29. The summed E-state index contributed by atoms with van der Waals surface area (Å²) in [6.07, 6.45) is 3.37. The number of aryl methyl sites for hydroxylation is 4. The molecule has 1 fully saturated rings. The Kier molecular flexibility index (Phi) is 3.70. The van der Waals surface area contributed by atoms with Crippen molar-refractivity contribution in [2.75, 3.05) is 24.5 Å². The fraction of sp³-hybridized carbons (Fsp3) is 0.529. The highest BCUT2D eigenvalue weighted by molar-refractivity contribution is 5.92. The van der Waals surface area contributed by atoms with Gasteiger partial charge in [0, 0.05) is 38.3 Å². The molecule has 0 atom stereocenters. The lowest BCUT2D eigenvalue weighted by Crippen LogP contribution is -2.52. The summed E-state index contributed by atoms with van der Waals surface area (Å²) in [7, 11) is 1.84. The molecule has 3 heterocycles. The first-order chi connectivity index (χ1) is 11.6. The van der Waals surface area contributed by atoms with E-state index in [-0.39, 0.29) is 5.91 Å². The summed E-state index contributed by atoms with van der Waals surface area (Å²) in [4.78, 5) is 14.3. The first-order valence-electron chi connectivity index (χ1n) is 8.49. The minimum atomic E-state index is -0.102. The molecule has 0 saturated carbocycles. The third-order valence-corrected chi connectivity index (χ3v) is 4.99. The Morgan fingerprint density at radius 1 is 1.29 bits per heavy atom. The SMILES string of the molecule is Cc1cc(C(=O)NCC2CN(c3cc4c(nn3)CCC4)C2)nn1C. The number of nitrogens with one attached hydrogen (secondary N) is 1. The van der Waals surface area contributed by atoms with Crippen LogP contribution >= 0.6 is 0 Å². The van der Waals surface area contributed by atoms with E-state index in [9.17, 15) is 4.79 Å². The van der Waals surface area contributed by atoms with E-state index in [1.807, 2.05) is 20.0 Å². The standard InChI is InChI=1S/C17H22N6O/c1-11-6-15(21-22(11)2)17(24)18-8-12-9-23(10-12)16-7-13-4-3-5-14(13)19-20-16/h6-7,12H,3-5,8-10H2,1-2H3,(H,18,24). The monoisotopic (exact) mass is 326 g/mol. The molecule has 2 aromatic heterocycles. The van der Waals surface area contributed by atoms with E-state index >= 15 is 0 Å². The number of hydrogen-bond acceptors (Lipinski definition) is 5. The molecular formula is C17H22N6O. The molecule has 0 unspecified atom stereocenters. The maximum absolute atomic E-state index is 12.1. The van der Waals surface area contributed by atoms with Gasteiger partial charge in [-0.05, 0) is 43.9 Å². The van der Waals surface area contributed by atoms with Crippen LogP contribution in [0.4, 0.5) is 5.82 Å². The minimum Gasteiger partial charge on any atom is -0.354 e. The van der Waals surface area contributed by atoms with Crippen LogP contribution in [0.15, 0.2) is 12.1 Å². The molecule has 2 aliphatic rings. The molecule has 0 spiro atoms. The van der Waals surface area contributed by atoms with E-state index in [0.717, 1.165) is 43.1 Å². The molecular weight excluding hydrogens is 304 g/mol. The number of fused-ring (bicyclic) bond motifs is 1. The third kappa shape index (κ3) is 2.74. The topological polar surface area (TPSA) is 75.9 Å². The summed E-state index contributed by atoms with van der Waals surface area (Å²) in [5.74, 6) is 1.32. The van der Waals surface area contributed by atoms with Crippen LogP contribution in [-0.2, 0) is 19.9 Å². The summed E-state index contributed by atoms with van der Waals surface area (Å²) in [5.41, 5.74) is 3.97. The third-order valence-electron chi connectivity index (χ3n) is 4.99. The second-order valence-corrected chi connectivity index (χ2v) is 6.80. The zero-order valence-electron chi connectivity index (χ0n) is 14.1. The van der Waals surface area contributed by atoms with Crippen molar-refractivity contribution in [3.05, 3.63) is 34.8 Å². The minimum absolute atomic E-state index is 0.102. The molecule has 0 aromatic carbocycles. The number of hydrogen-bond donors (Lipinski definition) is 1. The van der Waals surface area contributed by atoms with Gasteiger partial charge in [-0.1, -0.05) is 0 Å². The molecule has 0 radical (unpaired) electrons. The van der Waals surface area contributed by atoms with E-state index in [0.29, 0.717) is 18.2 Å². The molecule has 1 aliphatic carbocycles. The Labute approximate surface area is 141 Å². The van der Waals surface area contributed by atoms with Crippen LogP contribution in [0.1, 0.15) is 33.9 Å². The number of carbonyl (C=O) groups excluding carboxylic acids is 1. The molecule has 1 N–H and O–H groups in total. The van der Waals surface area contributed by atoms with Crippen molar-refractivity contribution >= 4 is 11.7 Å². The molecule has 0 bridgehead atoms. The molecule has 7 nitrogen and oxygen atoms in total. The summed E-state index contributed by atoms with van der Waals surface area (Å²) in [6.45, 7) is 4.43. The maximum atomic E-state index is 12.1. The summed E-state index contributed by atoms with van der Waals surface area (Å²) in [6, 6.07) is 3.99. The fourth-order valence-electron chi connectivity index (χ4n) is 3.36. The lowest BCUT2D eigenvalue weighted by molar-refractivity contribution is 0.0938. The van der Waals surface area contributed by atoms with E-state index in [4.69, 9.17) is 0 Å². The molecule has 1 saturated heterocycles. The van der Waals surface area contributed by atoms with Gasteiger partial charge in [0.25, 0.3) is 5.91 Å². The van der Waals surface area contributed by atoms with Crippen LogP contribution in [0.3, 0.4) is 0 Å². The summed E-state index contributed by atoms with van der Waals surface area (Å²) < 4.78 is 1.71. The molecule has 1 aliphatic heterocycles. The largest absolute Gasteiger partial charge is 0.354 e. The van der Waals surface area contributed by atoms with E-state index < -0.39 is 0 Å². The van der Waals surface area contributed by atoms with Gasteiger partial charge in [0.1, 0.15) is 5.69 Å². The van der Waals surface area contributed by atoms with Gasteiger partial charge in [-0.3, -0.25) is 9.48 Å². The smallest absolute Gasteiger partial charge is 0.271 e. The van der Waals surface area contributed by atoms with Crippen LogP contribution < -0.4 is 10.2 Å². The van der Waals surface area contributed by atoms with E-state index in [2.05, 4.69) is 31.6 Å².